The third kappa shape index (κ3) is 2.27. The van der Waals surface area contributed by atoms with Crippen molar-refractivity contribution in [1.29, 1.82) is 0 Å². The molecule has 0 aliphatic heterocycles. The van der Waals surface area contributed by atoms with Crippen molar-refractivity contribution in [2.24, 2.45) is 51.9 Å². The summed E-state index contributed by atoms with van der Waals surface area (Å²) in [5.74, 6) is 4.57. The lowest BCUT2D eigenvalue weighted by molar-refractivity contribution is -0.114. The zero-order chi connectivity index (χ0) is 16.4. The van der Waals surface area contributed by atoms with Crippen LogP contribution in [0, 0.1) is 40.4 Å². The van der Waals surface area contributed by atoms with Crippen molar-refractivity contribution < 1.29 is 0 Å². The summed E-state index contributed by atoms with van der Waals surface area (Å²) in [6.07, 6.45) is 12.6. The Bertz CT molecular complexity index is 461. The van der Waals surface area contributed by atoms with E-state index in [1.165, 1.54) is 57.8 Å². The molecule has 0 aromatic rings. The number of nitrogens with two attached hydrogens (primary N) is 2. The maximum atomic E-state index is 6.39. The van der Waals surface area contributed by atoms with Crippen molar-refractivity contribution in [1.82, 2.24) is 0 Å². The molecule has 0 aromatic carbocycles. The Balaban J connectivity index is 1.60. The van der Waals surface area contributed by atoms with E-state index in [1.807, 2.05) is 0 Å². The lowest BCUT2D eigenvalue weighted by atomic mass is 9.44. The van der Waals surface area contributed by atoms with Crippen LogP contribution in [-0.2, 0) is 0 Å². The summed E-state index contributed by atoms with van der Waals surface area (Å²) in [6.45, 7) is 7.49. The molecule has 4 fully saturated rings. The van der Waals surface area contributed by atoms with Crippen LogP contribution in [0.2, 0.25) is 0 Å². The van der Waals surface area contributed by atoms with Gasteiger partial charge in [0.15, 0.2) is 0 Å². The van der Waals surface area contributed by atoms with Crippen LogP contribution in [0.5, 0.6) is 0 Å². The maximum Gasteiger partial charge on any atom is 0.00440 e. The molecule has 0 spiro atoms. The van der Waals surface area contributed by atoms with Gasteiger partial charge in [0.1, 0.15) is 0 Å². The fourth-order valence-electron chi connectivity index (χ4n) is 8.20. The van der Waals surface area contributed by atoms with Gasteiger partial charge >= 0.3 is 0 Å². The fraction of sp³-hybridized carbons (Fsp3) is 1.00. The highest BCUT2D eigenvalue weighted by Crippen LogP contribution is 2.67. The molecule has 2 heteroatoms. The van der Waals surface area contributed by atoms with Gasteiger partial charge in [-0.2, -0.15) is 0 Å². The largest absolute Gasteiger partial charge is 0.328 e. The second-order valence-corrected chi connectivity index (χ2v) is 10.3. The smallest absolute Gasteiger partial charge is 0.00440 e. The quantitative estimate of drug-likeness (QED) is 0.756. The number of hydrogen-bond acceptors (Lipinski definition) is 2. The Morgan fingerprint density at radius 3 is 2.30 bits per heavy atom. The molecule has 132 valence electrons. The summed E-state index contributed by atoms with van der Waals surface area (Å²) in [6, 6.07) is 0.855. The molecule has 0 saturated heterocycles. The van der Waals surface area contributed by atoms with E-state index in [1.54, 1.807) is 0 Å². The molecule has 2 nitrogen and oxygen atoms in total. The van der Waals surface area contributed by atoms with E-state index in [0.29, 0.717) is 22.9 Å². The minimum absolute atomic E-state index is 0.376. The third-order valence-electron chi connectivity index (χ3n) is 9.41. The molecule has 9 atom stereocenters. The zero-order valence-corrected chi connectivity index (χ0v) is 15.6. The molecule has 0 heterocycles. The van der Waals surface area contributed by atoms with Crippen molar-refractivity contribution in [3.05, 3.63) is 0 Å². The van der Waals surface area contributed by atoms with Crippen LogP contribution in [0.4, 0.5) is 0 Å². The van der Waals surface area contributed by atoms with Crippen LogP contribution < -0.4 is 11.5 Å². The Labute approximate surface area is 143 Å². The Morgan fingerprint density at radius 2 is 1.57 bits per heavy atom. The normalized spacial score (nSPS) is 57.3. The fourth-order valence-corrected chi connectivity index (χ4v) is 8.20. The van der Waals surface area contributed by atoms with Gasteiger partial charge < -0.3 is 11.5 Å². The summed E-state index contributed by atoms with van der Waals surface area (Å²) in [7, 11) is 0. The summed E-state index contributed by atoms with van der Waals surface area (Å²) in [5, 5.41) is 0. The molecule has 0 aromatic heterocycles. The highest BCUT2D eigenvalue weighted by atomic mass is 14.7. The SMILES string of the molecule is CC(N)[C@H]1CC[C@H]2[C@@H]3CCC4CC(N)CC[C@]4(C)[C@H]3CC[C@]12C. The van der Waals surface area contributed by atoms with Crippen LogP contribution in [0.1, 0.15) is 78.6 Å². The maximum absolute atomic E-state index is 6.39. The van der Waals surface area contributed by atoms with Crippen LogP contribution in [0.25, 0.3) is 0 Å². The average molecular weight is 319 g/mol. The van der Waals surface area contributed by atoms with Crippen LogP contribution in [0.15, 0.2) is 0 Å². The monoisotopic (exact) mass is 318 g/mol. The van der Waals surface area contributed by atoms with Crippen molar-refractivity contribution in [2.45, 2.75) is 90.6 Å². The first-order valence-electron chi connectivity index (χ1n) is 10.4. The first-order valence-corrected chi connectivity index (χ1v) is 10.4. The molecule has 0 bridgehead atoms. The number of rotatable bonds is 1. The highest BCUT2D eigenvalue weighted by Gasteiger charge is 2.60. The van der Waals surface area contributed by atoms with Crippen LogP contribution >= 0.6 is 0 Å². The predicted octanol–water partition coefficient (Wildman–Crippen LogP) is 4.32. The van der Waals surface area contributed by atoms with Crippen LogP contribution in [-0.4, -0.2) is 12.1 Å². The molecule has 4 N–H and O–H groups in total. The Hall–Kier alpha value is -0.0800. The van der Waals surface area contributed by atoms with E-state index in [9.17, 15) is 0 Å². The Morgan fingerprint density at radius 1 is 0.870 bits per heavy atom. The van der Waals surface area contributed by atoms with Gasteiger partial charge in [-0.05, 0) is 105 Å². The first-order chi connectivity index (χ1) is 10.9. The summed E-state index contributed by atoms with van der Waals surface area (Å²) < 4.78 is 0. The minimum Gasteiger partial charge on any atom is -0.328 e. The first kappa shape index (κ1) is 16.4. The molecular weight excluding hydrogens is 280 g/mol. The third-order valence-corrected chi connectivity index (χ3v) is 9.41. The van der Waals surface area contributed by atoms with E-state index in [0.717, 1.165) is 29.6 Å². The number of fused-ring (bicyclic) bond motifs is 5. The molecule has 0 radical (unpaired) electrons. The van der Waals surface area contributed by atoms with Crippen molar-refractivity contribution in [2.75, 3.05) is 0 Å². The molecule has 23 heavy (non-hydrogen) atoms. The summed E-state index contributed by atoms with van der Waals surface area (Å²) in [4.78, 5) is 0. The topological polar surface area (TPSA) is 52.0 Å². The highest BCUT2D eigenvalue weighted by molar-refractivity contribution is 5.10. The van der Waals surface area contributed by atoms with Gasteiger partial charge in [0.05, 0.1) is 0 Å². The second kappa shape index (κ2) is 5.46. The summed E-state index contributed by atoms with van der Waals surface area (Å²) in [5.41, 5.74) is 13.8. The molecule has 4 aliphatic rings. The van der Waals surface area contributed by atoms with Gasteiger partial charge in [0, 0.05) is 12.1 Å². The lowest BCUT2D eigenvalue weighted by Gasteiger charge is -2.61. The summed E-state index contributed by atoms with van der Waals surface area (Å²) >= 11 is 0. The van der Waals surface area contributed by atoms with Gasteiger partial charge in [-0.1, -0.05) is 13.8 Å². The van der Waals surface area contributed by atoms with E-state index in [-0.39, 0.29) is 0 Å². The zero-order valence-electron chi connectivity index (χ0n) is 15.6. The molecule has 0 amide bonds. The molecule has 4 saturated carbocycles. The predicted molar refractivity (Wildman–Crippen MR) is 96.8 cm³/mol. The van der Waals surface area contributed by atoms with Gasteiger partial charge in [-0.25, -0.2) is 0 Å². The van der Waals surface area contributed by atoms with Crippen molar-refractivity contribution in [3.63, 3.8) is 0 Å². The minimum atomic E-state index is 0.376. The van der Waals surface area contributed by atoms with E-state index < -0.39 is 0 Å². The van der Waals surface area contributed by atoms with Crippen molar-refractivity contribution >= 4 is 0 Å². The van der Waals surface area contributed by atoms with Gasteiger partial charge in [-0.3, -0.25) is 0 Å². The van der Waals surface area contributed by atoms with E-state index in [4.69, 9.17) is 11.5 Å². The molecule has 3 unspecified atom stereocenters. The average Bonchev–Trinajstić information content (AvgIpc) is 2.85. The Kier molecular flexibility index (Phi) is 3.89. The van der Waals surface area contributed by atoms with Crippen LogP contribution in [0.3, 0.4) is 0 Å². The van der Waals surface area contributed by atoms with E-state index >= 15 is 0 Å². The van der Waals surface area contributed by atoms with Gasteiger partial charge in [-0.15, -0.1) is 0 Å². The standard InChI is InChI=1S/C21H38N2/c1-13(22)17-6-7-18-16-5-4-14-12-15(23)8-10-20(14,2)19(16)9-11-21(17,18)3/h13-19H,4-12,22-23H2,1-3H3/t13?,14?,15?,16-,17+,18-,19-,20-,21+/m0/s1. The van der Waals surface area contributed by atoms with Crippen molar-refractivity contribution in [3.8, 4) is 0 Å². The van der Waals surface area contributed by atoms with Gasteiger partial charge in [0.2, 0.25) is 0 Å². The number of hydrogen-bond donors (Lipinski definition) is 2. The lowest BCUT2D eigenvalue weighted by Crippen LogP contribution is -2.55. The second-order valence-electron chi connectivity index (χ2n) is 10.3. The van der Waals surface area contributed by atoms with E-state index in [2.05, 4.69) is 20.8 Å². The molecular formula is C21H38N2. The molecule has 4 aliphatic carbocycles. The molecule has 4 rings (SSSR count). The van der Waals surface area contributed by atoms with Gasteiger partial charge in [0.25, 0.3) is 0 Å².